The lowest BCUT2D eigenvalue weighted by molar-refractivity contribution is -0.205. The zero-order valence-electron chi connectivity index (χ0n) is 23.4. The predicted molar refractivity (Wildman–Crippen MR) is 155 cm³/mol. The van der Waals surface area contributed by atoms with Crippen LogP contribution in [0.3, 0.4) is 0 Å². The van der Waals surface area contributed by atoms with Crippen molar-refractivity contribution in [1.29, 1.82) is 0 Å². The lowest BCUT2D eigenvalue weighted by Crippen LogP contribution is -2.49. The van der Waals surface area contributed by atoms with Crippen molar-refractivity contribution in [2.45, 2.75) is 25.7 Å². The van der Waals surface area contributed by atoms with Crippen LogP contribution in [0.1, 0.15) is 31.1 Å². The Morgan fingerprint density at radius 3 is 2.20 bits per heavy atom. The summed E-state index contributed by atoms with van der Waals surface area (Å²) in [6, 6.07) is 15.6. The summed E-state index contributed by atoms with van der Waals surface area (Å²) >= 11 is 0. The molecule has 11 nitrogen and oxygen atoms in total. The van der Waals surface area contributed by atoms with Gasteiger partial charge in [-0.1, -0.05) is 0 Å². The van der Waals surface area contributed by atoms with Crippen LogP contribution in [0.4, 0.5) is 11.6 Å². The quantitative estimate of drug-likeness (QED) is 0.364. The normalized spacial score (nSPS) is 14.7. The molecule has 4 aromatic rings. The van der Waals surface area contributed by atoms with Crippen LogP contribution in [0.2, 0.25) is 0 Å². The highest BCUT2D eigenvalue weighted by molar-refractivity contribution is 7.90. The fourth-order valence-corrected chi connectivity index (χ4v) is 4.92. The molecule has 0 aliphatic carbocycles. The number of piperazine rings is 1. The standard InChI is InChI=1S/C29H32N6O5S/c1-29(2,3)27(37)40-34-17-15-33(16-18-34)26(36)20-5-7-22(8-6-20)31-28-30-19-21-13-14-35(25(21)32-28)23-9-11-24(12-10-23)41(4,38)39/h5-14,19H,15-18H2,1-4H3,(H,30,31,32). The first-order chi connectivity index (χ1) is 19.4. The van der Waals surface area contributed by atoms with Crippen molar-refractivity contribution in [2.24, 2.45) is 5.41 Å². The molecule has 0 atom stereocenters. The van der Waals surface area contributed by atoms with Gasteiger partial charge >= 0.3 is 5.97 Å². The summed E-state index contributed by atoms with van der Waals surface area (Å²) in [7, 11) is -3.28. The number of sulfone groups is 1. The molecule has 1 amide bonds. The fourth-order valence-electron chi connectivity index (χ4n) is 4.29. The summed E-state index contributed by atoms with van der Waals surface area (Å²) < 4.78 is 25.5. The molecule has 1 N–H and O–H groups in total. The van der Waals surface area contributed by atoms with E-state index in [1.54, 1.807) is 85.5 Å². The van der Waals surface area contributed by atoms with Gasteiger partial charge in [-0.3, -0.25) is 4.79 Å². The maximum atomic E-state index is 13.0. The number of carbonyl (C=O) groups is 2. The number of hydrogen-bond donors (Lipinski definition) is 1. The van der Waals surface area contributed by atoms with Gasteiger partial charge in [0.05, 0.1) is 23.4 Å². The van der Waals surface area contributed by atoms with E-state index in [1.807, 2.05) is 16.8 Å². The maximum absolute atomic E-state index is 13.0. The van der Waals surface area contributed by atoms with Crippen LogP contribution in [0.5, 0.6) is 0 Å². The summed E-state index contributed by atoms with van der Waals surface area (Å²) in [6.07, 6.45) is 4.74. The Bertz CT molecular complexity index is 1680. The van der Waals surface area contributed by atoms with E-state index in [1.165, 1.54) is 6.26 Å². The highest BCUT2D eigenvalue weighted by atomic mass is 32.2. The number of nitrogens with zero attached hydrogens (tertiary/aromatic N) is 5. The SMILES string of the molecule is CC(C)(C)C(=O)ON1CCN(C(=O)c2ccc(Nc3ncc4ccn(-c5ccc(S(C)(=O)=O)cc5)c4n3)cc2)CC1. The molecule has 12 heteroatoms. The van der Waals surface area contributed by atoms with E-state index in [-0.39, 0.29) is 16.8 Å². The number of hydroxylamine groups is 2. The smallest absolute Gasteiger partial charge is 0.330 e. The fraction of sp³-hybridized carbons (Fsp3) is 0.310. The molecule has 1 aliphatic rings. The van der Waals surface area contributed by atoms with Crippen LogP contribution < -0.4 is 5.32 Å². The van der Waals surface area contributed by atoms with E-state index < -0.39 is 15.3 Å². The summed E-state index contributed by atoms with van der Waals surface area (Å²) in [4.78, 5) is 41.7. The van der Waals surface area contributed by atoms with E-state index in [2.05, 4.69) is 15.3 Å². The van der Waals surface area contributed by atoms with E-state index >= 15 is 0 Å². The Morgan fingerprint density at radius 1 is 0.927 bits per heavy atom. The minimum absolute atomic E-state index is 0.0873. The summed E-state index contributed by atoms with van der Waals surface area (Å²) in [5.41, 5.74) is 2.12. The molecule has 2 aromatic heterocycles. The average Bonchev–Trinajstić information content (AvgIpc) is 3.36. The first-order valence-corrected chi connectivity index (χ1v) is 15.1. The van der Waals surface area contributed by atoms with Crippen molar-refractivity contribution in [3.05, 3.63) is 72.6 Å². The zero-order valence-corrected chi connectivity index (χ0v) is 24.2. The van der Waals surface area contributed by atoms with Crippen LogP contribution in [0.25, 0.3) is 16.7 Å². The lowest BCUT2D eigenvalue weighted by atomic mass is 9.98. The van der Waals surface area contributed by atoms with Gasteiger partial charge in [0.25, 0.3) is 5.91 Å². The van der Waals surface area contributed by atoms with Crippen LogP contribution in [0.15, 0.2) is 71.9 Å². The van der Waals surface area contributed by atoms with Crippen molar-refractivity contribution in [3.63, 3.8) is 0 Å². The summed E-state index contributed by atoms with van der Waals surface area (Å²) in [6.45, 7) is 7.24. The number of fused-ring (bicyclic) bond motifs is 1. The largest absolute Gasteiger partial charge is 0.367 e. The maximum Gasteiger partial charge on any atom is 0.330 e. The molecule has 1 aliphatic heterocycles. The Kier molecular flexibility index (Phi) is 7.54. The van der Waals surface area contributed by atoms with Crippen molar-refractivity contribution in [1.82, 2.24) is 24.5 Å². The van der Waals surface area contributed by atoms with Gasteiger partial charge in [0.1, 0.15) is 5.65 Å². The van der Waals surface area contributed by atoms with Crippen molar-refractivity contribution in [3.8, 4) is 5.69 Å². The first-order valence-electron chi connectivity index (χ1n) is 13.2. The number of benzene rings is 2. The number of nitrogens with one attached hydrogen (secondary N) is 1. The molecule has 2 aromatic carbocycles. The van der Waals surface area contributed by atoms with Crippen LogP contribution in [0, 0.1) is 5.41 Å². The molecule has 0 bridgehead atoms. The molecule has 41 heavy (non-hydrogen) atoms. The number of amides is 1. The first kappa shape index (κ1) is 28.2. The monoisotopic (exact) mass is 576 g/mol. The Labute approximate surface area is 238 Å². The minimum Gasteiger partial charge on any atom is -0.367 e. The Morgan fingerprint density at radius 2 is 1.59 bits per heavy atom. The molecule has 0 spiro atoms. The van der Waals surface area contributed by atoms with Crippen molar-refractivity contribution < 1.29 is 22.8 Å². The van der Waals surface area contributed by atoms with E-state index in [4.69, 9.17) is 4.84 Å². The summed E-state index contributed by atoms with van der Waals surface area (Å²) in [5.74, 6) is 0.000823. The average molecular weight is 577 g/mol. The lowest BCUT2D eigenvalue weighted by Gasteiger charge is -2.34. The van der Waals surface area contributed by atoms with Crippen molar-refractivity contribution >= 4 is 44.4 Å². The molecular formula is C29H32N6O5S. The second-order valence-corrected chi connectivity index (χ2v) is 13.0. The molecular weight excluding hydrogens is 544 g/mol. The molecule has 0 unspecified atom stereocenters. The van der Waals surface area contributed by atoms with Crippen LogP contribution in [-0.4, -0.2) is 77.2 Å². The Hall–Kier alpha value is -4.29. The predicted octanol–water partition coefficient (Wildman–Crippen LogP) is 3.83. The topological polar surface area (TPSA) is 127 Å². The third kappa shape index (κ3) is 6.39. The van der Waals surface area contributed by atoms with Gasteiger partial charge in [-0.15, -0.1) is 5.06 Å². The van der Waals surface area contributed by atoms with Gasteiger partial charge in [0.15, 0.2) is 9.84 Å². The molecule has 1 fully saturated rings. The molecule has 0 saturated carbocycles. The van der Waals surface area contributed by atoms with Gasteiger partial charge in [-0.25, -0.2) is 18.2 Å². The van der Waals surface area contributed by atoms with Crippen LogP contribution in [-0.2, 0) is 19.5 Å². The van der Waals surface area contributed by atoms with Gasteiger partial charge in [-0.2, -0.15) is 4.98 Å². The molecule has 214 valence electrons. The molecule has 3 heterocycles. The molecule has 1 saturated heterocycles. The van der Waals surface area contributed by atoms with Gasteiger partial charge in [0, 0.05) is 54.1 Å². The Balaban J connectivity index is 1.23. The summed E-state index contributed by atoms with van der Waals surface area (Å²) in [5, 5.41) is 5.62. The second kappa shape index (κ2) is 10.9. The third-order valence-corrected chi connectivity index (χ3v) is 7.84. The number of aromatic nitrogens is 3. The second-order valence-electron chi connectivity index (χ2n) is 11.0. The van der Waals surface area contributed by atoms with E-state index in [0.29, 0.717) is 43.3 Å². The number of hydrogen-bond acceptors (Lipinski definition) is 9. The molecule has 5 rings (SSSR count). The molecule has 0 radical (unpaired) electrons. The number of anilines is 2. The van der Waals surface area contributed by atoms with Gasteiger partial charge < -0.3 is 19.6 Å². The third-order valence-electron chi connectivity index (χ3n) is 6.71. The van der Waals surface area contributed by atoms with E-state index in [0.717, 1.165) is 16.8 Å². The zero-order chi connectivity index (χ0) is 29.4. The highest BCUT2D eigenvalue weighted by Gasteiger charge is 2.29. The van der Waals surface area contributed by atoms with E-state index in [9.17, 15) is 18.0 Å². The highest BCUT2D eigenvalue weighted by Crippen LogP contribution is 2.23. The van der Waals surface area contributed by atoms with Gasteiger partial charge in [0.2, 0.25) is 5.95 Å². The number of rotatable bonds is 6. The van der Waals surface area contributed by atoms with Crippen molar-refractivity contribution in [2.75, 3.05) is 37.8 Å². The minimum atomic E-state index is -3.28. The number of carbonyl (C=O) groups excluding carboxylic acids is 2. The van der Waals surface area contributed by atoms with Crippen LogP contribution >= 0.6 is 0 Å². The van der Waals surface area contributed by atoms with Gasteiger partial charge in [-0.05, 0) is 75.4 Å².